The van der Waals surface area contributed by atoms with Crippen molar-refractivity contribution in [1.82, 2.24) is 4.98 Å². The number of hydrogen-bond acceptors (Lipinski definition) is 3. The lowest BCUT2D eigenvalue weighted by atomic mass is 9.76. The smallest absolute Gasteiger partial charge is 0.423 e. The minimum atomic E-state index is -1.45. The van der Waals surface area contributed by atoms with E-state index in [1.807, 2.05) is 12.1 Å². The summed E-state index contributed by atoms with van der Waals surface area (Å²) in [7, 11) is -1.45. The summed E-state index contributed by atoms with van der Waals surface area (Å²) in [5.41, 5.74) is 3.79. The van der Waals surface area contributed by atoms with E-state index in [0.717, 1.165) is 30.2 Å². The normalized spacial score (nSPS) is 14.1. The van der Waals surface area contributed by atoms with Crippen LogP contribution in [0.4, 0.5) is 0 Å². The zero-order valence-corrected chi connectivity index (χ0v) is 8.85. The van der Waals surface area contributed by atoms with Crippen LogP contribution in [0.5, 0.6) is 0 Å². The summed E-state index contributed by atoms with van der Waals surface area (Å²) in [6.07, 6.45) is 5.01. The van der Waals surface area contributed by atoms with Crippen molar-refractivity contribution in [2.75, 3.05) is 0 Å². The van der Waals surface area contributed by atoms with Crippen LogP contribution in [0.1, 0.15) is 17.5 Å². The van der Waals surface area contributed by atoms with Crippen molar-refractivity contribution < 1.29 is 10.0 Å². The second-order valence-corrected chi connectivity index (χ2v) is 4.23. The Morgan fingerprint density at radius 1 is 1.06 bits per heavy atom. The fourth-order valence-electron chi connectivity index (χ4n) is 2.53. The highest BCUT2D eigenvalue weighted by atomic mass is 16.4. The lowest BCUT2D eigenvalue weighted by molar-refractivity contribution is 0.426. The molecule has 4 heteroatoms. The fraction of sp³-hybridized carbons (Fsp3) is 0.250. The molecule has 0 saturated heterocycles. The Kier molecular flexibility index (Phi) is 2.19. The largest absolute Gasteiger partial charge is 0.490 e. The van der Waals surface area contributed by atoms with Gasteiger partial charge in [-0.3, -0.25) is 4.98 Å². The SMILES string of the molecule is OB(O)c1ccc2c3c(ccnc13)CCC2. The van der Waals surface area contributed by atoms with Gasteiger partial charge in [0.05, 0.1) is 5.52 Å². The molecule has 0 bridgehead atoms. The van der Waals surface area contributed by atoms with Crippen LogP contribution < -0.4 is 5.46 Å². The predicted molar refractivity (Wildman–Crippen MR) is 63.6 cm³/mol. The first-order valence-corrected chi connectivity index (χ1v) is 5.53. The van der Waals surface area contributed by atoms with E-state index < -0.39 is 7.12 Å². The van der Waals surface area contributed by atoms with Gasteiger partial charge in [-0.2, -0.15) is 0 Å². The minimum absolute atomic E-state index is 0.502. The van der Waals surface area contributed by atoms with Crippen molar-refractivity contribution in [2.45, 2.75) is 19.3 Å². The van der Waals surface area contributed by atoms with Crippen LogP contribution >= 0.6 is 0 Å². The highest BCUT2D eigenvalue weighted by Gasteiger charge is 2.20. The van der Waals surface area contributed by atoms with E-state index in [-0.39, 0.29) is 0 Å². The molecule has 2 N–H and O–H groups in total. The minimum Gasteiger partial charge on any atom is -0.423 e. The summed E-state index contributed by atoms with van der Waals surface area (Å²) in [6.45, 7) is 0. The quantitative estimate of drug-likeness (QED) is 0.674. The molecule has 0 saturated carbocycles. The van der Waals surface area contributed by atoms with Crippen LogP contribution in [0.15, 0.2) is 24.4 Å². The van der Waals surface area contributed by atoms with Gasteiger partial charge in [0.1, 0.15) is 0 Å². The second kappa shape index (κ2) is 3.58. The lowest BCUT2D eigenvalue weighted by Crippen LogP contribution is -2.31. The van der Waals surface area contributed by atoms with Crippen LogP contribution in [0, 0.1) is 0 Å². The molecule has 0 atom stereocenters. The van der Waals surface area contributed by atoms with E-state index >= 15 is 0 Å². The van der Waals surface area contributed by atoms with Crippen molar-refractivity contribution in [3.8, 4) is 0 Å². The molecule has 0 unspecified atom stereocenters. The zero-order valence-electron chi connectivity index (χ0n) is 8.85. The van der Waals surface area contributed by atoms with Crippen molar-refractivity contribution in [1.29, 1.82) is 0 Å². The molecule has 3 nitrogen and oxygen atoms in total. The van der Waals surface area contributed by atoms with Crippen molar-refractivity contribution >= 4 is 23.5 Å². The molecule has 1 aliphatic rings. The van der Waals surface area contributed by atoms with Gasteiger partial charge < -0.3 is 10.0 Å². The molecule has 3 rings (SSSR count). The third-order valence-corrected chi connectivity index (χ3v) is 3.27. The molecule has 0 amide bonds. The zero-order chi connectivity index (χ0) is 11.1. The first-order chi connectivity index (χ1) is 7.77. The molecule has 1 heterocycles. The van der Waals surface area contributed by atoms with Crippen LogP contribution in [-0.4, -0.2) is 22.2 Å². The molecular weight excluding hydrogens is 201 g/mol. The number of rotatable bonds is 1. The number of aromatic nitrogens is 1. The molecule has 1 aliphatic carbocycles. The number of aryl methyl sites for hydroxylation is 2. The van der Waals surface area contributed by atoms with Gasteiger partial charge in [0.25, 0.3) is 0 Å². The molecule has 1 aromatic carbocycles. The van der Waals surface area contributed by atoms with E-state index in [4.69, 9.17) is 0 Å². The van der Waals surface area contributed by atoms with E-state index in [9.17, 15) is 10.0 Å². The third-order valence-electron chi connectivity index (χ3n) is 3.27. The third kappa shape index (κ3) is 1.34. The molecule has 0 radical (unpaired) electrons. The maximum atomic E-state index is 9.31. The standard InChI is InChI=1S/C12H12BNO2/c15-13(16)10-5-4-8-2-1-3-9-6-7-14-12(10)11(8)9/h4-7,15-16H,1-3H2. The molecule has 16 heavy (non-hydrogen) atoms. The van der Waals surface area contributed by atoms with E-state index in [1.54, 1.807) is 12.3 Å². The molecule has 0 spiro atoms. The highest BCUT2D eigenvalue weighted by molar-refractivity contribution is 6.61. The van der Waals surface area contributed by atoms with Crippen molar-refractivity contribution in [3.05, 3.63) is 35.5 Å². The number of hydrogen-bond donors (Lipinski definition) is 2. The Balaban J connectivity index is 2.40. The molecular formula is C12H12BNO2. The van der Waals surface area contributed by atoms with Gasteiger partial charge in [-0.15, -0.1) is 0 Å². The van der Waals surface area contributed by atoms with Gasteiger partial charge in [-0.1, -0.05) is 12.1 Å². The Bertz CT molecular complexity index is 544. The van der Waals surface area contributed by atoms with Gasteiger partial charge >= 0.3 is 7.12 Å². The van der Waals surface area contributed by atoms with Crippen molar-refractivity contribution in [3.63, 3.8) is 0 Å². The van der Waals surface area contributed by atoms with Crippen LogP contribution in [-0.2, 0) is 12.8 Å². The van der Waals surface area contributed by atoms with Gasteiger partial charge in [-0.25, -0.2) is 0 Å². The lowest BCUT2D eigenvalue weighted by Gasteiger charge is -2.18. The first kappa shape index (κ1) is 9.81. The Morgan fingerprint density at radius 2 is 1.81 bits per heavy atom. The van der Waals surface area contributed by atoms with Gasteiger partial charge in [0.2, 0.25) is 0 Å². The summed E-state index contributed by atoms with van der Waals surface area (Å²) >= 11 is 0. The van der Waals surface area contributed by atoms with E-state index in [0.29, 0.717) is 5.46 Å². The summed E-state index contributed by atoms with van der Waals surface area (Å²) in [4.78, 5) is 4.29. The van der Waals surface area contributed by atoms with E-state index in [1.165, 1.54) is 11.1 Å². The van der Waals surface area contributed by atoms with Crippen molar-refractivity contribution in [2.24, 2.45) is 0 Å². The van der Waals surface area contributed by atoms with Gasteiger partial charge in [0.15, 0.2) is 0 Å². The predicted octanol–water partition coefficient (Wildman–Crippen LogP) is 0.403. The first-order valence-electron chi connectivity index (χ1n) is 5.53. The highest BCUT2D eigenvalue weighted by Crippen LogP contribution is 2.27. The summed E-state index contributed by atoms with van der Waals surface area (Å²) < 4.78 is 0. The maximum Gasteiger partial charge on any atom is 0.490 e. The second-order valence-electron chi connectivity index (χ2n) is 4.23. The van der Waals surface area contributed by atoms with Crippen LogP contribution in [0.2, 0.25) is 0 Å². The average Bonchev–Trinajstić information content (AvgIpc) is 2.30. The summed E-state index contributed by atoms with van der Waals surface area (Å²) in [6, 6.07) is 5.78. The summed E-state index contributed by atoms with van der Waals surface area (Å²) in [5, 5.41) is 19.7. The molecule has 1 aromatic heterocycles. The number of benzene rings is 1. The Hall–Kier alpha value is -1.39. The monoisotopic (exact) mass is 213 g/mol. The summed E-state index contributed by atoms with van der Waals surface area (Å²) in [5.74, 6) is 0. The Labute approximate surface area is 93.9 Å². The molecule has 0 aliphatic heterocycles. The molecule has 0 fully saturated rings. The topological polar surface area (TPSA) is 53.4 Å². The average molecular weight is 213 g/mol. The maximum absolute atomic E-state index is 9.31. The number of pyridine rings is 1. The van der Waals surface area contributed by atoms with Crippen LogP contribution in [0.25, 0.3) is 10.9 Å². The van der Waals surface area contributed by atoms with E-state index in [2.05, 4.69) is 4.98 Å². The fourth-order valence-corrected chi connectivity index (χ4v) is 2.53. The van der Waals surface area contributed by atoms with Gasteiger partial charge in [-0.05, 0) is 36.5 Å². The molecule has 80 valence electrons. The number of nitrogens with zero attached hydrogens (tertiary/aromatic N) is 1. The van der Waals surface area contributed by atoms with Crippen LogP contribution in [0.3, 0.4) is 0 Å². The molecule has 2 aromatic rings. The van der Waals surface area contributed by atoms with Gasteiger partial charge in [0, 0.05) is 17.0 Å². The Morgan fingerprint density at radius 3 is 2.56 bits per heavy atom.